The van der Waals surface area contributed by atoms with E-state index in [0.29, 0.717) is 0 Å². The fourth-order valence-electron chi connectivity index (χ4n) is 2.60. The van der Waals surface area contributed by atoms with E-state index in [1.807, 2.05) is 26.0 Å². The van der Waals surface area contributed by atoms with Gasteiger partial charge >= 0.3 is 0 Å². The largest absolute Gasteiger partial charge is 0.497 e. The van der Waals surface area contributed by atoms with Crippen LogP contribution in [-0.2, 0) is 0 Å². The quantitative estimate of drug-likeness (QED) is 0.782. The molecular weight excluding hydrogens is 266 g/mol. The summed E-state index contributed by atoms with van der Waals surface area (Å²) in [6.45, 7) is 8.59. The highest BCUT2D eigenvalue weighted by Gasteiger charge is 2.14. The van der Waals surface area contributed by atoms with Crippen LogP contribution in [0.15, 0.2) is 17.0 Å². The van der Waals surface area contributed by atoms with Crippen molar-refractivity contribution in [2.75, 3.05) is 7.11 Å². The number of thiol groups is 1. The van der Waals surface area contributed by atoms with E-state index in [0.717, 1.165) is 33.9 Å². The molecule has 0 aliphatic carbocycles. The van der Waals surface area contributed by atoms with Gasteiger partial charge in [-0.1, -0.05) is 13.3 Å². The summed E-state index contributed by atoms with van der Waals surface area (Å²) in [7, 11) is 1.67. The molecule has 0 spiro atoms. The average molecular weight is 295 g/mol. The molecule has 0 saturated carbocycles. The summed E-state index contributed by atoms with van der Waals surface area (Å²) in [5.41, 5.74) is 2.32. The normalized spacial score (nSPS) is 21.9. The van der Waals surface area contributed by atoms with Crippen LogP contribution in [-0.4, -0.2) is 19.2 Å². The van der Waals surface area contributed by atoms with E-state index in [4.69, 9.17) is 4.74 Å². The predicted octanol–water partition coefficient (Wildman–Crippen LogP) is 4.53. The van der Waals surface area contributed by atoms with Crippen LogP contribution < -0.4 is 10.1 Å². The maximum absolute atomic E-state index is 5.10. The lowest BCUT2D eigenvalue weighted by Crippen LogP contribution is -2.39. The van der Waals surface area contributed by atoms with E-state index in [1.54, 1.807) is 7.11 Å². The van der Waals surface area contributed by atoms with Crippen molar-refractivity contribution in [2.45, 2.75) is 70.4 Å². The molecule has 0 amide bonds. The topological polar surface area (TPSA) is 21.3 Å². The summed E-state index contributed by atoms with van der Waals surface area (Å²) in [6, 6.07) is 5.54. The Labute approximate surface area is 129 Å². The Morgan fingerprint density at radius 1 is 1.25 bits per heavy atom. The molecule has 3 heteroatoms. The summed E-state index contributed by atoms with van der Waals surface area (Å²) in [4.78, 5) is 1.05. The Balaban J connectivity index is 0.000000204. The first kappa shape index (κ1) is 17.4. The molecule has 114 valence electrons. The van der Waals surface area contributed by atoms with Gasteiger partial charge < -0.3 is 10.1 Å². The summed E-state index contributed by atoms with van der Waals surface area (Å²) in [6.07, 6.45) is 5.48. The van der Waals surface area contributed by atoms with Gasteiger partial charge in [-0.2, -0.15) is 0 Å². The predicted molar refractivity (Wildman–Crippen MR) is 90.2 cm³/mol. The number of aryl methyl sites for hydroxylation is 2. The third-order valence-corrected chi connectivity index (χ3v) is 4.61. The van der Waals surface area contributed by atoms with Crippen LogP contribution in [0, 0.1) is 13.8 Å². The SMILES string of the molecule is CC[C@@H]1CCC[C@H](C)N1.COc1cc(C)c(S)c(C)c1. The van der Waals surface area contributed by atoms with Crippen LogP contribution in [0.4, 0.5) is 0 Å². The lowest BCUT2D eigenvalue weighted by Gasteiger charge is -2.27. The van der Waals surface area contributed by atoms with E-state index in [2.05, 4.69) is 31.8 Å². The summed E-state index contributed by atoms with van der Waals surface area (Å²) in [5.74, 6) is 0.901. The second-order valence-electron chi connectivity index (χ2n) is 5.71. The second-order valence-corrected chi connectivity index (χ2v) is 6.16. The molecule has 1 aliphatic rings. The van der Waals surface area contributed by atoms with Gasteiger partial charge in [0.1, 0.15) is 5.75 Å². The Morgan fingerprint density at radius 3 is 2.25 bits per heavy atom. The zero-order valence-electron chi connectivity index (χ0n) is 13.5. The number of hydrogen-bond donors (Lipinski definition) is 2. The van der Waals surface area contributed by atoms with Crippen LogP contribution in [0.25, 0.3) is 0 Å². The molecule has 2 rings (SSSR count). The molecule has 1 aromatic rings. The monoisotopic (exact) mass is 295 g/mol. The summed E-state index contributed by atoms with van der Waals surface area (Å²) < 4.78 is 5.10. The van der Waals surface area contributed by atoms with Gasteiger partial charge in [0.25, 0.3) is 0 Å². The molecule has 20 heavy (non-hydrogen) atoms. The fourth-order valence-corrected chi connectivity index (χ4v) is 2.72. The standard InChI is InChI=1S/C9H12OS.C8H17N/c1-6-4-8(10-3)5-7(2)9(6)11;1-3-8-6-4-5-7(2)9-8/h4-5,11H,1-3H3;7-9H,3-6H2,1-2H3/t;7-,8+/m.0/s1. The second kappa shape index (κ2) is 8.58. The van der Waals surface area contributed by atoms with Crippen molar-refractivity contribution in [3.8, 4) is 5.75 Å². The summed E-state index contributed by atoms with van der Waals surface area (Å²) in [5, 5.41) is 3.57. The van der Waals surface area contributed by atoms with Crippen molar-refractivity contribution in [3.05, 3.63) is 23.3 Å². The summed E-state index contributed by atoms with van der Waals surface area (Å²) >= 11 is 4.34. The highest BCUT2D eigenvalue weighted by molar-refractivity contribution is 7.80. The van der Waals surface area contributed by atoms with E-state index >= 15 is 0 Å². The molecule has 1 fully saturated rings. The van der Waals surface area contributed by atoms with Crippen LogP contribution in [0.2, 0.25) is 0 Å². The zero-order valence-corrected chi connectivity index (χ0v) is 14.4. The molecule has 1 aromatic carbocycles. The van der Waals surface area contributed by atoms with Gasteiger partial charge in [0.05, 0.1) is 7.11 Å². The molecule has 0 bridgehead atoms. The maximum Gasteiger partial charge on any atom is 0.119 e. The van der Waals surface area contributed by atoms with Crippen LogP contribution >= 0.6 is 12.6 Å². The van der Waals surface area contributed by atoms with Crippen molar-refractivity contribution in [1.82, 2.24) is 5.32 Å². The van der Waals surface area contributed by atoms with Gasteiger partial charge in [-0.05, 0) is 63.3 Å². The zero-order chi connectivity index (χ0) is 15.1. The average Bonchev–Trinajstić information content (AvgIpc) is 2.44. The third kappa shape index (κ3) is 5.37. The Kier molecular flexibility index (Phi) is 7.46. The lowest BCUT2D eigenvalue weighted by molar-refractivity contribution is 0.329. The fraction of sp³-hybridized carbons (Fsp3) is 0.647. The van der Waals surface area contributed by atoms with Crippen molar-refractivity contribution < 1.29 is 4.74 Å². The van der Waals surface area contributed by atoms with Gasteiger partial charge in [-0.25, -0.2) is 0 Å². The minimum absolute atomic E-state index is 0.767. The molecule has 0 radical (unpaired) electrons. The van der Waals surface area contributed by atoms with Crippen molar-refractivity contribution in [2.24, 2.45) is 0 Å². The van der Waals surface area contributed by atoms with Gasteiger partial charge in [0.15, 0.2) is 0 Å². The highest BCUT2D eigenvalue weighted by atomic mass is 32.1. The number of ether oxygens (including phenoxy) is 1. The molecule has 0 aromatic heterocycles. The number of nitrogens with one attached hydrogen (secondary N) is 1. The van der Waals surface area contributed by atoms with Gasteiger partial charge in [-0.3, -0.25) is 0 Å². The molecule has 1 saturated heterocycles. The minimum atomic E-state index is 0.767. The molecule has 2 nitrogen and oxygen atoms in total. The lowest BCUT2D eigenvalue weighted by atomic mass is 9.98. The number of benzene rings is 1. The number of methoxy groups -OCH3 is 1. The maximum atomic E-state index is 5.10. The van der Waals surface area contributed by atoms with Gasteiger partial charge in [-0.15, -0.1) is 12.6 Å². The molecular formula is C17H29NOS. The number of piperidine rings is 1. The van der Waals surface area contributed by atoms with Gasteiger partial charge in [0, 0.05) is 17.0 Å². The van der Waals surface area contributed by atoms with Crippen LogP contribution in [0.5, 0.6) is 5.75 Å². The third-order valence-electron chi connectivity index (χ3n) is 3.90. The molecule has 0 unspecified atom stereocenters. The van der Waals surface area contributed by atoms with E-state index in [9.17, 15) is 0 Å². The highest BCUT2D eigenvalue weighted by Crippen LogP contribution is 2.23. The van der Waals surface area contributed by atoms with Crippen LogP contribution in [0.3, 0.4) is 0 Å². The Hall–Kier alpha value is -0.670. The first-order valence-corrected chi connectivity index (χ1v) is 8.02. The molecule has 2 atom stereocenters. The minimum Gasteiger partial charge on any atom is -0.497 e. The number of hydrogen-bond acceptors (Lipinski definition) is 3. The first-order valence-electron chi connectivity index (χ1n) is 7.58. The Morgan fingerprint density at radius 2 is 1.85 bits per heavy atom. The van der Waals surface area contributed by atoms with Crippen molar-refractivity contribution in [3.63, 3.8) is 0 Å². The van der Waals surface area contributed by atoms with Crippen molar-refractivity contribution >= 4 is 12.6 Å². The van der Waals surface area contributed by atoms with E-state index in [1.165, 1.54) is 25.7 Å². The van der Waals surface area contributed by atoms with Crippen LogP contribution in [0.1, 0.15) is 50.7 Å². The first-order chi connectivity index (χ1) is 9.47. The van der Waals surface area contributed by atoms with E-state index < -0.39 is 0 Å². The van der Waals surface area contributed by atoms with E-state index in [-0.39, 0.29) is 0 Å². The van der Waals surface area contributed by atoms with Gasteiger partial charge in [0.2, 0.25) is 0 Å². The Bertz CT molecular complexity index is 396. The molecule has 1 heterocycles. The smallest absolute Gasteiger partial charge is 0.119 e. The molecule has 1 aliphatic heterocycles. The number of rotatable bonds is 2. The molecule has 1 N–H and O–H groups in total. The van der Waals surface area contributed by atoms with Crippen molar-refractivity contribution in [1.29, 1.82) is 0 Å².